The molecule has 0 unspecified atom stereocenters. The summed E-state index contributed by atoms with van der Waals surface area (Å²) in [6.07, 6.45) is 1.78. The minimum atomic E-state index is -0.189. The lowest BCUT2D eigenvalue weighted by atomic mass is 10.1. The van der Waals surface area contributed by atoms with Crippen molar-refractivity contribution in [3.8, 4) is 11.5 Å². The molecule has 1 saturated heterocycles. The van der Waals surface area contributed by atoms with Crippen molar-refractivity contribution in [1.82, 2.24) is 4.90 Å². The van der Waals surface area contributed by atoms with Gasteiger partial charge in [0.25, 0.3) is 0 Å². The van der Waals surface area contributed by atoms with E-state index in [1.807, 2.05) is 18.2 Å². The fraction of sp³-hybridized carbons (Fsp3) is 0.571. The fourth-order valence-corrected chi connectivity index (χ4v) is 2.39. The molecule has 1 aromatic carbocycles. The molecule has 1 aromatic rings. The standard InChI is InChI=1S/C14H21NO3/c1-17-13-6-11(7-14(8-13)18-2)9-15-5-3-4-12(16)10-15/h6-8,12,16H,3-5,9-10H2,1-2H3/t12-/m0/s1. The molecule has 0 aromatic heterocycles. The number of methoxy groups -OCH3 is 2. The molecular formula is C14H21NO3. The maximum atomic E-state index is 9.67. The van der Waals surface area contributed by atoms with Gasteiger partial charge in [0.15, 0.2) is 0 Å². The number of ether oxygens (including phenoxy) is 2. The Labute approximate surface area is 108 Å². The lowest BCUT2D eigenvalue weighted by molar-refractivity contribution is 0.0668. The van der Waals surface area contributed by atoms with Crippen molar-refractivity contribution in [2.45, 2.75) is 25.5 Å². The zero-order valence-corrected chi connectivity index (χ0v) is 11.1. The predicted molar refractivity (Wildman–Crippen MR) is 70.1 cm³/mol. The molecule has 1 aliphatic rings. The topological polar surface area (TPSA) is 41.9 Å². The molecular weight excluding hydrogens is 230 g/mol. The van der Waals surface area contributed by atoms with Crippen LogP contribution in [0.25, 0.3) is 0 Å². The Hall–Kier alpha value is -1.26. The average Bonchev–Trinajstić information content (AvgIpc) is 2.38. The third kappa shape index (κ3) is 3.37. The molecule has 0 spiro atoms. The SMILES string of the molecule is COc1cc(CN2CCC[C@H](O)C2)cc(OC)c1. The highest BCUT2D eigenvalue weighted by molar-refractivity contribution is 5.38. The highest BCUT2D eigenvalue weighted by Crippen LogP contribution is 2.24. The van der Waals surface area contributed by atoms with Crippen LogP contribution in [0.5, 0.6) is 11.5 Å². The van der Waals surface area contributed by atoms with Crippen LogP contribution >= 0.6 is 0 Å². The van der Waals surface area contributed by atoms with Crippen molar-refractivity contribution < 1.29 is 14.6 Å². The van der Waals surface area contributed by atoms with Crippen LogP contribution in [0.4, 0.5) is 0 Å². The van der Waals surface area contributed by atoms with E-state index in [2.05, 4.69) is 4.90 Å². The van der Waals surface area contributed by atoms with Gasteiger partial charge >= 0.3 is 0 Å². The molecule has 1 aliphatic heterocycles. The molecule has 0 aliphatic carbocycles. The number of rotatable bonds is 4. The summed E-state index contributed by atoms with van der Waals surface area (Å²) in [7, 11) is 3.31. The monoisotopic (exact) mass is 251 g/mol. The second-order valence-electron chi connectivity index (χ2n) is 4.75. The van der Waals surface area contributed by atoms with Gasteiger partial charge in [-0.25, -0.2) is 0 Å². The third-order valence-electron chi connectivity index (χ3n) is 3.30. The van der Waals surface area contributed by atoms with Gasteiger partial charge < -0.3 is 14.6 Å². The van der Waals surface area contributed by atoms with Crippen LogP contribution in [0.2, 0.25) is 0 Å². The van der Waals surface area contributed by atoms with Crippen LogP contribution in [0.3, 0.4) is 0 Å². The van der Waals surface area contributed by atoms with Crippen LogP contribution in [-0.2, 0) is 6.54 Å². The second kappa shape index (κ2) is 6.07. The van der Waals surface area contributed by atoms with E-state index in [9.17, 15) is 5.11 Å². The quantitative estimate of drug-likeness (QED) is 0.883. The summed E-state index contributed by atoms with van der Waals surface area (Å²) < 4.78 is 10.5. The fourth-order valence-electron chi connectivity index (χ4n) is 2.39. The molecule has 4 nitrogen and oxygen atoms in total. The van der Waals surface area contributed by atoms with Gasteiger partial charge in [-0.15, -0.1) is 0 Å². The zero-order valence-electron chi connectivity index (χ0n) is 11.1. The largest absolute Gasteiger partial charge is 0.497 e. The lowest BCUT2D eigenvalue weighted by Gasteiger charge is -2.30. The van der Waals surface area contributed by atoms with Crippen molar-refractivity contribution in [2.24, 2.45) is 0 Å². The van der Waals surface area contributed by atoms with Gasteiger partial charge in [0.1, 0.15) is 11.5 Å². The third-order valence-corrected chi connectivity index (χ3v) is 3.30. The molecule has 2 rings (SSSR count). The summed E-state index contributed by atoms with van der Waals surface area (Å²) in [5.74, 6) is 1.61. The Morgan fingerprint density at radius 1 is 1.22 bits per heavy atom. The van der Waals surface area contributed by atoms with Gasteiger partial charge in [-0.2, -0.15) is 0 Å². The first-order valence-corrected chi connectivity index (χ1v) is 6.33. The summed E-state index contributed by atoms with van der Waals surface area (Å²) in [6.45, 7) is 2.61. The molecule has 0 amide bonds. The first-order valence-electron chi connectivity index (χ1n) is 6.33. The summed E-state index contributed by atoms with van der Waals surface area (Å²) in [5.41, 5.74) is 1.15. The van der Waals surface area contributed by atoms with Gasteiger partial charge in [0.2, 0.25) is 0 Å². The molecule has 1 N–H and O–H groups in total. The average molecular weight is 251 g/mol. The molecule has 0 bridgehead atoms. The zero-order chi connectivity index (χ0) is 13.0. The first-order chi connectivity index (χ1) is 8.71. The van der Waals surface area contributed by atoms with Crippen molar-refractivity contribution in [3.63, 3.8) is 0 Å². The molecule has 100 valence electrons. The number of hydrogen-bond acceptors (Lipinski definition) is 4. The van der Waals surface area contributed by atoms with Crippen molar-refractivity contribution >= 4 is 0 Å². The summed E-state index contributed by atoms with van der Waals surface area (Å²) in [6, 6.07) is 5.90. The highest BCUT2D eigenvalue weighted by Gasteiger charge is 2.18. The maximum Gasteiger partial charge on any atom is 0.122 e. The van der Waals surface area contributed by atoms with E-state index in [-0.39, 0.29) is 6.10 Å². The minimum absolute atomic E-state index is 0.189. The number of β-amino-alcohol motifs (C(OH)–C–C–N with tert-alkyl or cyclic N) is 1. The van der Waals surface area contributed by atoms with Gasteiger partial charge in [0.05, 0.1) is 20.3 Å². The Bertz CT molecular complexity index is 372. The van der Waals surface area contributed by atoms with E-state index < -0.39 is 0 Å². The molecule has 4 heteroatoms. The molecule has 0 radical (unpaired) electrons. The van der Waals surface area contributed by atoms with E-state index in [1.54, 1.807) is 14.2 Å². The molecule has 0 saturated carbocycles. The number of piperidine rings is 1. The van der Waals surface area contributed by atoms with Crippen LogP contribution in [0.1, 0.15) is 18.4 Å². The first kappa shape index (κ1) is 13.2. The number of likely N-dealkylation sites (tertiary alicyclic amines) is 1. The van der Waals surface area contributed by atoms with Crippen LogP contribution in [0, 0.1) is 0 Å². The van der Waals surface area contributed by atoms with Crippen molar-refractivity contribution in [3.05, 3.63) is 23.8 Å². The number of aliphatic hydroxyl groups excluding tert-OH is 1. The molecule has 1 fully saturated rings. The summed E-state index contributed by atoms with van der Waals surface area (Å²) in [4.78, 5) is 2.27. The Kier molecular flexibility index (Phi) is 4.44. The van der Waals surface area contributed by atoms with E-state index >= 15 is 0 Å². The number of benzene rings is 1. The van der Waals surface area contributed by atoms with Gasteiger partial charge in [-0.05, 0) is 37.1 Å². The van der Waals surface area contributed by atoms with Crippen LogP contribution in [-0.4, -0.2) is 43.4 Å². The van der Waals surface area contributed by atoms with Gasteiger partial charge in [-0.3, -0.25) is 4.90 Å². The predicted octanol–water partition coefficient (Wildman–Crippen LogP) is 1.66. The lowest BCUT2D eigenvalue weighted by Crippen LogP contribution is -2.37. The normalized spacial score (nSPS) is 20.7. The molecule has 18 heavy (non-hydrogen) atoms. The Balaban J connectivity index is 2.07. The van der Waals surface area contributed by atoms with Crippen LogP contribution in [0.15, 0.2) is 18.2 Å². The molecule has 1 atom stereocenters. The Morgan fingerprint density at radius 2 is 1.89 bits per heavy atom. The van der Waals surface area contributed by atoms with E-state index in [0.29, 0.717) is 0 Å². The Morgan fingerprint density at radius 3 is 2.44 bits per heavy atom. The maximum absolute atomic E-state index is 9.67. The summed E-state index contributed by atoms with van der Waals surface area (Å²) >= 11 is 0. The number of aliphatic hydroxyl groups is 1. The second-order valence-corrected chi connectivity index (χ2v) is 4.75. The summed E-state index contributed by atoms with van der Waals surface area (Å²) in [5, 5.41) is 9.67. The van der Waals surface area contributed by atoms with Gasteiger partial charge in [-0.1, -0.05) is 0 Å². The van der Waals surface area contributed by atoms with E-state index in [1.165, 1.54) is 0 Å². The van der Waals surface area contributed by atoms with E-state index in [0.717, 1.165) is 49.5 Å². The molecule has 1 heterocycles. The van der Waals surface area contributed by atoms with E-state index in [4.69, 9.17) is 9.47 Å². The number of nitrogens with zero attached hydrogens (tertiary/aromatic N) is 1. The van der Waals surface area contributed by atoms with Crippen LogP contribution < -0.4 is 9.47 Å². The number of hydrogen-bond donors (Lipinski definition) is 1. The smallest absolute Gasteiger partial charge is 0.122 e. The minimum Gasteiger partial charge on any atom is -0.497 e. The van der Waals surface area contributed by atoms with Crippen molar-refractivity contribution in [2.75, 3.05) is 27.3 Å². The van der Waals surface area contributed by atoms with Crippen molar-refractivity contribution in [1.29, 1.82) is 0 Å². The highest BCUT2D eigenvalue weighted by atomic mass is 16.5. The van der Waals surface area contributed by atoms with Gasteiger partial charge in [0, 0.05) is 19.2 Å².